The molecule has 15 heavy (non-hydrogen) atoms. The lowest BCUT2D eigenvalue weighted by Gasteiger charge is -1.96. The second-order valence-corrected chi connectivity index (χ2v) is 2.84. The van der Waals surface area contributed by atoms with Crippen molar-refractivity contribution >= 4 is 11.6 Å². The molecule has 0 fully saturated rings. The molecule has 1 aromatic rings. The van der Waals surface area contributed by atoms with Crippen LogP contribution in [0.5, 0.6) is 0 Å². The summed E-state index contributed by atoms with van der Waals surface area (Å²) in [4.78, 5) is 21.4. The molecule has 0 atom stereocenters. The Bertz CT molecular complexity index is 385. The summed E-state index contributed by atoms with van der Waals surface area (Å²) in [5.74, 6) is -0.517. The van der Waals surface area contributed by atoms with Crippen molar-refractivity contribution in [2.75, 3.05) is 6.54 Å². The largest absolute Gasteiger partial charge is 0.351 e. The quantitative estimate of drug-likeness (QED) is 0.583. The Labute approximate surface area is 86.2 Å². The molecule has 0 saturated carbocycles. The second kappa shape index (κ2) is 4.54. The van der Waals surface area contributed by atoms with Crippen LogP contribution in [0, 0.1) is 10.1 Å². The van der Waals surface area contributed by atoms with Crippen LogP contribution in [0.1, 0.15) is 24.3 Å². The average molecular weight is 212 g/mol. The molecule has 0 aliphatic rings. The zero-order valence-corrected chi connectivity index (χ0v) is 8.56. The predicted octanol–water partition coefficient (Wildman–Crippen LogP) is 0.561. The van der Waals surface area contributed by atoms with Gasteiger partial charge in [0.1, 0.15) is 6.20 Å². The first kappa shape index (κ1) is 11.2. The molecule has 0 radical (unpaired) electrons. The molecule has 0 bridgehead atoms. The van der Waals surface area contributed by atoms with Crippen LogP contribution in [0.2, 0.25) is 0 Å². The normalized spacial score (nSPS) is 10.0. The molecule has 0 aliphatic heterocycles. The summed E-state index contributed by atoms with van der Waals surface area (Å²) in [5, 5.41) is 16.9. The van der Waals surface area contributed by atoms with E-state index in [4.69, 9.17) is 0 Å². The van der Waals surface area contributed by atoms with Crippen molar-refractivity contribution in [3.8, 4) is 0 Å². The number of carbonyl (C=O) groups excluding carboxylic acids is 1. The van der Waals surface area contributed by atoms with Crippen LogP contribution < -0.4 is 5.32 Å². The van der Waals surface area contributed by atoms with Gasteiger partial charge in [0.2, 0.25) is 5.69 Å². The number of nitro groups is 1. The van der Waals surface area contributed by atoms with Crippen molar-refractivity contribution in [2.24, 2.45) is 0 Å². The van der Waals surface area contributed by atoms with Gasteiger partial charge < -0.3 is 5.32 Å². The van der Waals surface area contributed by atoms with Crippen LogP contribution in [0.25, 0.3) is 0 Å². The van der Waals surface area contributed by atoms with Crippen molar-refractivity contribution in [1.29, 1.82) is 0 Å². The first-order valence-electron chi connectivity index (χ1n) is 4.60. The SMILES string of the molecule is CCNC(=O)c1nn(CC)cc1[N+](=O)[O-]. The van der Waals surface area contributed by atoms with E-state index >= 15 is 0 Å². The number of hydrogen-bond acceptors (Lipinski definition) is 4. The minimum Gasteiger partial charge on any atom is -0.351 e. The Hall–Kier alpha value is -1.92. The summed E-state index contributed by atoms with van der Waals surface area (Å²) >= 11 is 0. The van der Waals surface area contributed by atoms with Gasteiger partial charge in [-0.05, 0) is 13.8 Å². The number of hydrogen-bond donors (Lipinski definition) is 1. The third-order valence-electron chi connectivity index (χ3n) is 1.82. The lowest BCUT2D eigenvalue weighted by atomic mass is 10.3. The standard InChI is InChI=1S/C8H12N4O3/c1-3-9-8(13)7-6(12(14)15)5-11(4-2)10-7/h5H,3-4H2,1-2H3,(H,9,13). The van der Waals surface area contributed by atoms with Crippen LogP contribution in [0.15, 0.2) is 6.20 Å². The van der Waals surface area contributed by atoms with Crippen molar-refractivity contribution in [2.45, 2.75) is 20.4 Å². The summed E-state index contributed by atoms with van der Waals surface area (Å²) in [6.45, 7) is 4.42. The van der Waals surface area contributed by atoms with Crippen LogP contribution in [0.3, 0.4) is 0 Å². The molecule has 1 rings (SSSR count). The van der Waals surface area contributed by atoms with Gasteiger partial charge in [-0.1, -0.05) is 0 Å². The minimum atomic E-state index is -0.607. The monoisotopic (exact) mass is 212 g/mol. The van der Waals surface area contributed by atoms with Crippen LogP contribution in [0.4, 0.5) is 5.69 Å². The van der Waals surface area contributed by atoms with Crippen molar-refractivity contribution < 1.29 is 9.72 Å². The maximum atomic E-state index is 11.4. The molecule has 7 nitrogen and oxygen atoms in total. The smallest absolute Gasteiger partial charge is 0.320 e. The van der Waals surface area contributed by atoms with E-state index in [1.54, 1.807) is 13.8 Å². The molecule has 0 spiro atoms. The van der Waals surface area contributed by atoms with Gasteiger partial charge in [-0.2, -0.15) is 5.10 Å². The van der Waals surface area contributed by atoms with Gasteiger partial charge in [0.05, 0.1) is 4.92 Å². The van der Waals surface area contributed by atoms with E-state index < -0.39 is 10.8 Å². The Morgan fingerprint density at radius 3 is 2.80 bits per heavy atom. The minimum absolute atomic E-state index is 0.135. The highest BCUT2D eigenvalue weighted by atomic mass is 16.6. The van der Waals surface area contributed by atoms with Crippen molar-refractivity contribution in [3.63, 3.8) is 0 Å². The number of rotatable bonds is 4. The maximum Gasteiger partial charge on any atom is 0.320 e. The van der Waals surface area contributed by atoms with E-state index in [0.717, 1.165) is 0 Å². The first-order chi connectivity index (χ1) is 7.10. The summed E-state index contributed by atoms with van der Waals surface area (Å²) < 4.78 is 1.36. The van der Waals surface area contributed by atoms with E-state index in [9.17, 15) is 14.9 Å². The van der Waals surface area contributed by atoms with Gasteiger partial charge in [-0.15, -0.1) is 0 Å². The Balaban J connectivity index is 3.09. The van der Waals surface area contributed by atoms with Crippen LogP contribution >= 0.6 is 0 Å². The molecule has 0 unspecified atom stereocenters. The van der Waals surface area contributed by atoms with E-state index in [2.05, 4.69) is 10.4 Å². The van der Waals surface area contributed by atoms with Crippen molar-refractivity contribution in [3.05, 3.63) is 22.0 Å². The summed E-state index contributed by atoms with van der Waals surface area (Å²) in [5.41, 5.74) is -0.397. The van der Waals surface area contributed by atoms with Crippen LogP contribution in [-0.2, 0) is 6.54 Å². The number of nitrogens with one attached hydrogen (secondary N) is 1. The Morgan fingerprint density at radius 2 is 2.33 bits per heavy atom. The molecule has 1 N–H and O–H groups in total. The summed E-state index contributed by atoms with van der Waals surface area (Å²) in [6.07, 6.45) is 1.25. The highest BCUT2D eigenvalue weighted by Gasteiger charge is 2.24. The summed E-state index contributed by atoms with van der Waals surface area (Å²) in [7, 11) is 0. The fraction of sp³-hybridized carbons (Fsp3) is 0.500. The van der Waals surface area contributed by atoms with Gasteiger partial charge in [-0.25, -0.2) is 0 Å². The number of aromatic nitrogens is 2. The number of carbonyl (C=O) groups is 1. The zero-order valence-electron chi connectivity index (χ0n) is 8.56. The molecule has 1 aromatic heterocycles. The highest BCUT2D eigenvalue weighted by Crippen LogP contribution is 2.16. The molecule has 82 valence electrons. The van der Waals surface area contributed by atoms with E-state index in [-0.39, 0.29) is 11.4 Å². The topological polar surface area (TPSA) is 90.1 Å². The molecule has 0 saturated heterocycles. The molecule has 1 amide bonds. The Kier molecular flexibility index (Phi) is 3.37. The number of aryl methyl sites for hydroxylation is 1. The maximum absolute atomic E-state index is 11.4. The van der Waals surface area contributed by atoms with Gasteiger partial charge >= 0.3 is 5.69 Å². The fourth-order valence-corrected chi connectivity index (χ4v) is 1.11. The Morgan fingerprint density at radius 1 is 1.67 bits per heavy atom. The van der Waals surface area contributed by atoms with Crippen LogP contribution in [-0.4, -0.2) is 27.2 Å². The van der Waals surface area contributed by atoms with Gasteiger partial charge in [0.25, 0.3) is 5.91 Å². The lowest BCUT2D eigenvalue weighted by Crippen LogP contribution is -2.24. The van der Waals surface area contributed by atoms with Gasteiger partial charge in [0, 0.05) is 13.1 Å². The van der Waals surface area contributed by atoms with Gasteiger partial charge in [0.15, 0.2) is 0 Å². The third-order valence-corrected chi connectivity index (χ3v) is 1.82. The molecular weight excluding hydrogens is 200 g/mol. The zero-order chi connectivity index (χ0) is 11.4. The fourth-order valence-electron chi connectivity index (χ4n) is 1.11. The van der Waals surface area contributed by atoms with Gasteiger partial charge in [-0.3, -0.25) is 19.6 Å². The molecule has 0 aromatic carbocycles. The molecule has 7 heteroatoms. The highest BCUT2D eigenvalue weighted by molar-refractivity contribution is 5.95. The summed E-state index contributed by atoms with van der Waals surface area (Å²) in [6, 6.07) is 0. The molecule has 0 aliphatic carbocycles. The van der Waals surface area contributed by atoms with Crippen molar-refractivity contribution in [1.82, 2.24) is 15.1 Å². The van der Waals surface area contributed by atoms with E-state index in [1.807, 2.05) is 0 Å². The number of nitrogens with zero attached hydrogens (tertiary/aromatic N) is 3. The molecular formula is C8H12N4O3. The van der Waals surface area contributed by atoms with E-state index in [0.29, 0.717) is 13.1 Å². The average Bonchev–Trinajstić information content (AvgIpc) is 2.61. The second-order valence-electron chi connectivity index (χ2n) is 2.84. The lowest BCUT2D eigenvalue weighted by molar-refractivity contribution is -0.385. The third kappa shape index (κ3) is 2.30. The predicted molar refractivity (Wildman–Crippen MR) is 52.6 cm³/mol. The first-order valence-corrected chi connectivity index (χ1v) is 4.60. The number of amides is 1. The molecule has 1 heterocycles. The van der Waals surface area contributed by atoms with E-state index in [1.165, 1.54) is 10.9 Å².